The standard InChI is InChI=1S/C59H39N3/c1-3-19-40(20-4-1)60(42-32-31-38-17-7-8-18-39(38)35-42)43-33-34-50-47(36-43)44-23-9-12-26-49(44)59(50)51-27-13-16-30-55(51)62-54-29-15-11-25-46(54)56-57-48(37-52(59)58(56)62)45-24-10-14-28-53(45)61(57)41-21-5-2-6-22-41/h1-10,12-14,16-37H,11,15H2. The van der Waals surface area contributed by atoms with Crippen LogP contribution in [0.2, 0.25) is 0 Å². The van der Waals surface area contributed by atoms with Crippen molar-refractivity contribution in [2.75, 3.05) is 4.90 Å². The largest absolute Gasteiger partial charge is 0.310 e. The van der Waals surface area contributed by atoms with Gasteiger partial charge in [0, 0.05) is 49.5 Å². The van der Waals surface area contributed by atoms with E-state index in [9.17, 15) is 0 Å². The van der Waals surface area contributed by atoms with Gasteiger partial charge in [0.2, 0.25) is 0 Å². The first-order valence-electron chi connectivity index (χ1n) is 21.8. The molecule has 3 nitrogen and oxygen atoms in total. The summed E-state index contributed by atoms with van der Waals surface area (Å²) in [4.78, 5) is 2.42. The van der Waals surface area contributed by atoms with Gasteiger partial charge in [0.25, 0.3) is 0 Å². The molecule has 2 aromatic heterocycles. The van der Waals surface area contributed by atoms with Crippen molar-refractivity contribution >= 4 is 72.7 Å². The highest BCUT2D eigenvalue weighted by atomic mass is 15.1. The maximum atomic E-state index is 2.62. The lowest BCUT2D eigenvalue weighted by molar-refractivity contribution is 0.742. The first-order valence-corrected chi connectivity index (χ1v) is 21.8. The van der Waals surface area contributed by atoms with Gasteiger partial charge in [-0.3, -0.25) is 0 Å². The Morgan fingerprint density at radius 1 is 0.419 bits per heavy atom. The summed E-state index contributed by atoms with van der Waals surface area (Å²) in [5.74, 6) is 0. The van der Waals surface area contributed by atoms with E-state index in [1.54, 1.807) is 0 Å². The van der Waals surface area contributed by atoms with Crippen LogP contribution in [0.4, 0.5) is 17.1 Å². The molecule has 14 rings (SSSR count). The predicted molar refractivity (Wildman–Crippen MR) is 258 cm³/mol. The van der Waals surface area contributed by atoms with Gasteiger partial charge >= 0.3 is 0 Å². The molecule has 290 valence electrons. The minimum Gasteiger partial charge on any atom is -0.310 e. The third kappa shape index (κ3) is 4.34. The lowest BCUT2D eigenvalue weighted by Gasteiger charge is -2.40. The molecule has 0 saturated carbocycles. The molecule has 9 aromatic carbocycles. The molecular weight excluding hydrogens is 751 g/mol. The molecule has 0 saturated heterocycles. The van der Waals surface area contributed by atoms with E-state index < -0.39 is 5.41 Å². The number of benzene rings is 9. The van der Waals surface area contributed by atoms with Crippen LogP contribution in [-0.2, 0) is 5.41 Å². The van der Waals surface area contributed by atoms with E-state index in [2.05, 4.69) is 226 Å². The summed E-state index contributed by atoms with van der Waals surface area (Å²) in [6, 6.07) is 74.6. The monoisotopic (exact) mass is 789 g/mol. The number of nitrogens with zero attached hydrogens (tertiary/aromatic N) is 3. The molecule has 1 spiro atoms. The van der Waals surface area contributed by atoms with Crippen LogP contribution in [0, 0.1) is 0 Å². The molecular formula is C59H39N3. The summed E-state index contributed by atoms with van der Waals surface area (Å²) in [5.41, 5.74) is 17.0. The van der Waals surface area contributed by atoms with Gasteiger partial charge in [0.15, 0.2) is 0 Å². The average Bonchev–Trinajstić information content (AvgIpc) is 3.96. The number of rotatable bonds is 4. The van der Waals surface area contributed by atoms with Gasteiger partial charge in [-0.15, -0.1) is 0 Å². The zero-order valence-corrected chi connectivity index (χ0v) is 34.0. The molecule has 3 heteroatoms. The molecule has 0 fully saturated rings. The van der Waals surface area contributed by atoms with Crippen LogP contribution in [0.3, 0.4) is 0 Å². The SMILES string of the molecule is C1=c2c(n3c4c(cc5c6ccccc6n(-c6ccccc6)c5c24)C2(c4ccccc4-c4cc(N(c5ccccc5)c5ccc6ccccc6c5)ccc42)c2ccccc2-3)=CCC1. The summed E-state index contributed by atoms with van der Waals surface area (Å²) in [5, 5.41) is 9.02. The highest BCUT2D eigenvalue weighted by Crippen LogP contribution is 2.61. The fourth-order valence-corrected chi connectivity index (χ4v) is 11.7. The number of para-hydroxylation sites is 4. The highest BCUT2D eigenvalue weighted by Gasteiger charge is 2.51. The van der Waals surface area contributed by atoms with E-state index >= 15 is 0 Å². The molecule has 3 aliphatic rings. The molecule has 1 aliphatic heterocycles. The van der Waals surface area contributed by atoms with Crippen LogP contribution in [0.25, 0.3) is 78.1 Å². The lowest BCUT2D eigenvalue weighted by Crippen LogP contribution is -2.37. The normalized spacial score (nSPS) is 15.6. The summed E-state index contributed by atoms with van der Waals surface area (Å²) in [6.45, 7) is 0. The van der Waals surface area contributed by atoms with Gasteiger partial charge in [0.05, 0.1) is 27.7 Å². The first-order chi connectivity index (χ1) is 30.8. The second-order valence-corrected chi connectivity index (χ2v) is 17.1. The molecule has 1 atom stereocenters. The molecule has 0 amide bonds. The van der Waals surface area contributed by atoms with Crippen molar-refractivity contribution in [1.29, 1.82) is 0 Å². The number of aromatic nitrogens is 2. The zero-order chi connectivity index (χ0) is 40.5. The maximum Gasteiger partial charge on any atom is 0.0754 e. The summed E-state index contributed by atoms with van der Waals surface area (Å²) in [6.07, 6.45) is 7.06. The Balaban J connectivity index is 1.13. The fourth-order valence-electron chi connectivity index (χ4n) is 11.7. The summed E-state index contributed by atoms with van der Waals surface area (Å²) >= 11 is 0. The van der Waals surface area contributed by atoms with Gasteiger partial charge < -0.3 is 14.0 Å². The Labute approximate surface area is 359 Å². The second kappa shape index (κ2) is 12.6. The lowest BCUT2D eigenvalue weighted by atomic mass is 9.65. The zero-order valence-electron chi connectivity index (χ0n) is 34.0. The Kier molecular flexibility index (Phi) is 6.88. The van der Waals surface area contributed by atoms with Crippen molar-refractivity contribution in [3.8, 4) is 22.5 Å². The quantitative estimate of drug-likeness (QED) is 0.173. The first kappa shape index (κ1) is 33.9. The second-order valence-electron chi connectivity index (χ2n) is 17.1. The van der Waals surface area contributed by atoms with Crippen molar-refractivity contribution in [1.82, 2.24) is 9.13 Å². The summed E-state index contributed by atoms with van der Waals surface area (Å²) < 4.78 is 5.15. The molecule has 1 unspecified atom stereocenters. The number of hydrogen-bond acceptors (Lipinski definition) is 1. The van der Waals surface area contributed by atoms with Crippen LogP contribution >= 0.6 is 0 Å². The Morgan fingerprint density at radius 3 is 1.98 bits per heavy atom. The molecule has 0 N–H and O–H groups in total. The van der Waals surface area contributed by atoms with E-state index in [-0.39, 0.29) is 0 Å². The molecule has 0 bridgehead atoms. The van der Waals surface area contributed by atoms with Crippen molar-refractivity contribution in [2.24, 2.45) is 0 Å². The van der Waals surface area contributed by atoms with Crippen LogP contribution < -0.4 is 15.5 Å². The minimum atomic E-state index is -0.569. The van der Waals surface area contributed by atoms with Gasteiger partial charge in [-0.05, 0) is 124 Å². The van der Waals surface area contributed by atoms with Crippen LogP contribution in [-0.4, -0.2) is 9.13 Å². The Bertz CT molecular complexity index is 3820. The number of hydrogen-bond donors (Lipinski definition) is 0. The minimum absolute atomic E-state index is 0.569. The van der Waals surface area contributed by atoms with Gasteiger partial charge in [-0.1, -0.05) is 146 Å². The van der Waals surface area contributed by atoms with E-state index in [1.807, 2.05) is 0 Å². The molecule has 62 heavy (non-hydrogen) atoms. The van der Waals surface area contributed by atoms with E-state index in [0.717, 1.165) is 29.9 Å². The topological polar surface area (TPSA) is 13.1 Å². The van der Waals surface area contributed by atoms with Crippen LogP contribution in [0.5, 0.6) is 0 Å². The average molecular weight is 790 g/mol. The van der Waals surface area contributed by atoms with E-state index in [1.165, 1.54) is 98.8 Å². The fraction of sp³-hybridized carbons (Fsp3) is 0.0508. The Hall–Kier alpha value is -7.88. The predicted octanol–water partition coefficient (Wildman–Crippen LogP) is 13.4. The van der Waals surface area contributed by atoms with Crippen molar-refractivity contribution in [3.05, 3.63) is 233 Å². The van der Waals surface area contributed by atoms with Crippen molar-refractivity contribution in [2.45, 2.75) is 18.3 Å². The number of anilines is 3. The van der Waals surface area contributed by atoms with Gasteiger partial charge in [-0.2, -0.15) is 0 Å². The summed E-state index contributed by atoms with van der Waals surface area (Å²) in [7, 11) is 0. The molecule has 11 aromatic rings. The van der Waals surface area contributed by atoms with E-state index in [4.69, 9.17) is 0 Å². The van der Waals surface area contributed by atoms with Gasteiger partial charge in [0.1, 0.15) is 0 Å². The highest BCUT2D eigenvalue weighted by molar-refractivity contribution is 6.21. The Morgan fingerprint density at radius 2 is 1.10 bits per heavy atom. The molecule has 2 aliphatic carbocycles. The number of fused-ring (bicyclic) bond motifs is 17. The van der Waals surface area contributed by atoms with Gasteiger partial charge in [-0.25, -0.2) is 0 Å². The molecule has 3 heterocycles. The molecule has 0 radical (unpaired) electrons. The smallest absolute Gasteiger partial charge is 0.0754 e. The van der Waals surface area contributed by atoms with Crippen LogP contribution in [0.1, 0.15) is 35.1 Å². The third-order valence-corrected chi connectivity index (χ3v) is 14.1. The maximum absolute atomic E-state index is 2.62. The van der Waals surface area contributed by atoms with Crippen molar-refractivity contribution < 1.29 is 0 Å². The third-order valence-electron chi connectivity index (χ3n) is 14.1. The van der Waals surface area contributed by atoms with Crippen molar-refractivity contribution in [3.63, 3.8) is 0 Å². The van der Waals surface area contributed by atoms with E-state index in [0.29, 0.717) is 0 Å². The van der Waals surface area contributed by atoms with Crippen LogP contribution in [0.15, 0.2) is 200 Å².